The first-order valence-electron chi connectivity index (χ1n) is 7.50. The lowest BCUT2D eigenvalue weighted by Crippen LogP contribution is -2.24. The minimum Gasteiger partial charge on any atom is -0.310 e. The highest BCUT2D eigenvalue weighted by atomic mass is 35.5. The smallest absolute Gasteiger partial charge is 0.0622 e. The fourth-order valence-electron chi connectivity index (χ4n) is 2.63. The molecule has 0 amide bonds. The number of nitrogens with zero attached hydrogens (tertiary/aromatic N) is 1. The van der Waals surface area contributed by atoms with E-state index in [0.717, 1.165) is 30.0 Å². The van der Waals surface area contributed by atoms with Gasteiger partial charge in [0, 0.05) is 18.4 Å². The first-order valence-corrected chi connectivity index (χ1v) is 7.88. The minimum atomic E-state index is 0.281. The van der Waals surface area contributed by atoms with Crippen LogP contribution in [0.2, 0.25) is 5.02 Å². The van der Waals surface area contributed by atoms with E-state index in [-0.39, 0.29) is 6.04 Å². The summed E-state index contributed by atoms with van der Waals surface area (Å²) in [5.41, 5.74) is 5.07. The lowest BCUT2D eigenvalue weighted by molar-refractivity contribution is 0.528. The Hall–Kier alpha value is -1.38. The van der Waals surface area contributed by atoms with Crippen LogP contribution >= 0.6 is 11.6 Å². The number of pyridine rings is 1. The molecule has 1 unspecified atom stereocenters. The molecule has 0 fully saturated rings. The molecule has 1 N–H and O–H groups in total. The predicted molar refractivity (Wildman–Crippen MR) is 89.9 cm³/mol. The Kier molecular flexibility index (Phi) is 5.77. The third-order valence-corrected chi connectivity index (χ3v) is 3.91. The highest BCUT2D eigenvalue weighted by Gasteiger charge is 2.14. The van der Waals surface area contributed by atoms with E-state index in [9.17, 15) is 0 Å². The van der Waals surface area contributed by atoms with Crippen LogP contribution in [0.3, 0.4) is 0 Å². The van der Waals surface area contributed by atoms with Gasteiger partial charge < -0.3 is 5.32 Å². The Bertz CT molecular complexity index is 575. The van der Waals surface area contributed by atoms with Gasteiger partial charge in [-0.2, -0.15) is 0 Å². The molecule has 0 aliphatic heterocycles. The van der Waals surface area contributed by atoms with Gasteiger partial charge in [0.1, 0.15) is 0 Å². The molecule has 1 aromatic carbocycles. The standard InChI is InChI=1S/C18H23ClN2/c1-4-6-21-18(11-15-5-7-20-12-17(15)19)16-9-13(2)8-14(3)10-16/h5,7-10,12,18,21H,4,6,11H2,1-3H3. The lowest BCUT2D eigenvalue weighted by Gasteiger charge is -2.21. The number of halogens is 1. The van der Waals surface area contributed by atoms with Gasteiger partial charge in [0.15, 0.2) is 0 Å². The average molecular weight is 303 g/mol. The van der Waals surface area contributed by atoms with E-state index in [2.05, 4.69) is 49.3 Å². The second-order valence-electron chi connectivity index (χ2n) is 5.60. The second kappa shape index (κ2) is 7.58. The summed E-state index contributed by atoms with van der Waals surface area (Å²) in [6.07, 6.45) is 5.52. The molecular formula is C18H23ClN2. The molecule has 112 valence electrons. The molecule has 3 heteroatoms. The van der Waals surface area contributed by atoms with Crippen molar-refractivity contribution in [2.75, 3.05) is 6.54 Å². The van der Waals surface area contributed by atoms with Crippen molar-refractivity contribution in [3.8, 4) is 0 Å². The molecule has 1 heterocycles. The summed E-state index contributed by atoms with van der Waals surface area (Å²) in [4.78, 5) is 4.06. The fourth-order valence-corrected chi connectivity index (χ4v) is 2.82. The Morgan fingerprint density at radius 1 is 1.19 bits per heavy atom. The SMILES string of the molecule is CCCNC(Cc1ccncc1Cl)c1cc(C)cc(C)c1. The Morgan fingerprint density at radius 2 is 1.90 bits per heavy atom. The van der Waals surface area contributed by atoms with Crippen LogP contribution < -0.4 is 5.32 Å². The molecule has 0 aliphatic rings. The largest absolute Gasteiger partial charge is 0.310 e. The van der Waals surface area contributed by atoms with Gasteiger partial charge in [-0.3, -0.25) is 4.98 Å². The number of rotatable bonds is 6. The molecular weight excluding hydrogens is 280 g/mol. The van der Waals surface area contributed by atoms with Gasteiger partial charge in [-0.15, -0.1) is 0 Å². The molecule has 0 radical (unpaired) electrons. The minimum absolute atomic E-state index is 0.281. The van der Waals surface area contributed by atoms with Crippen LogP contribution in [0.25, 0.3) is 0 Å². The van der Waals surface area contributed by atoms with Gasteiger partial charge in [0.2, 0.25) is 0 Å². The maximum atomic E-state index is 6.26. The molecule has 2 nitrogen and oxygen atoms in total. The number of aryl methyl sites for hydroxylation is 2. The number of benzene rings is 1. The van der Waals surface area contributed by atoms with Crippen LogP contribution in [0, 0.1) is 13.8 Å². The predicted octanol–water partition coefficient (Wildman–Crippen LogP) is 4.64. The van der Waals surface area contributed by atoms with E-state index in [1.54, 1.807) is 12.4 Å². The highest BCUT2D eigenvalue weighted by Crippen LogP contribution is 2.24. The normalized spacial score (nSPS) is 12.4. The van der Waals surface area contributed by atoms with Crippen molar-refractivity contribution in [3.05, 3.63) is 63.9 Å². The van der Waals surface area contributed by atoms with E-state index >= 15 is 0 Å². The summed E-state index contributed by atoms with van der Waals surface area (Å²) in [6, 6.07) is 9.01. The maximum Gasteiger partial charge on any atom is 0.0622 e. The first-order chi connectivity index (χ1) is 10.1. The molecule has 0 spiro atoms. The molecule has 0 aliphatic carbocycles. The third-order valence-electron chi connectivity index (χ3n) is 3.57. The zero-order valence-corrected chi connectivity index (χ0v) is 13.7. The Morgan fingerprint density at radius 3 is 2.52 bits per heavy atom. The number of nitrogens with one attached hydrogen (secondary N) is 1. The topological polar surface area (TPSA) is 24.9 Å². The summed E-state index contributed by atoms with van der Waals surface area (Å²) in [5.74, 6) is 0. The van der Waals surface area contributed by atoms with Crippen molar-refractivity contribution in [2.45, 2.75) is 39.7 Å². The quantitative estimate of drug-likeness (QED) is 0.841. The molecule has 2 aromatic rings. The van der Waals surface area contributed by atoms with Gasteiger partial charge in [-0.1, -0.05) is 47.9 Å². The van der Waals surface area contributed by atoms with Crippen molar-refractivity contribution >= 4 is 11.6 Å². The molecule has 0 saturated carbocycles. The van der Waals surface area contributed by atoms with Crippen LogP contribution in [-0.4, -0.2) is 11.5 Å². The number of hydrogen-bond donors (Lipinski definition) is 1. The Labute approximate surface area is 132 Å². The molecule has 1 atom stereocenters. The summed E-state index contributed by atoms with van der Waals surface area (Å²) < 4.78 is 0. The Balaban J connectivity index is 2.27. The number of aromatic nitrogens is 1. The molecule has 2 rings (SSSR count). The van der Waals surface area contributed by atoms with Crippen molar-refractivity contribution < 1.29 is 0 Å². The molecule has 1 aromatic heterocycles. The maximum absolute atomic E-state index is 6.26. The van der Waals surface area contributed by atoms with Gasteiger partial charge in [-0.25, -0.2) is 0 Å². The lowest BCUT2D eigenvalue weighted by atomic mass is 9.96. The van der Waals surface area contributed by atoms with E-state index in [0.29, 0.717) is 0 Å². The molecule has 21 heavy (non-hydrogen) atoms. The van der Waals surface area contributed by atoms with Crippen molar-refractivity contribution in [3.63, 3.8) is 0 Å². The summed E-state index contributed by atoms with van der Waals surface area (Å²) >= 11 is 6.26. The van der Waals surface area contributed by atoms with Crippen molar-refractivity contribution in [1.82, 2.24) is 10.3 Å². The van der Waals surface area contributed by atoms with Gasteiger partial charge >= 0.3 is 0 Å². The van der Waals surface area contributed by atoms with Gasteiger partial charge in [-0.05, 0) is 50.4 Å². The van der Waals surface area contributed by atoms with Gasteiger partial charge in [0.05, 0.1) is 5.02 Å². The van der Waals surface area contributed by atoms with E-state index in [4.69, 9.17) is 11.6 Å². The van der Waals surface area contributed by atoms with Crippen LogP contribution in [0.1, 0.15) is 41.6 Å². The van der Waals surface area contributed by atoms with Crippen LogP contribution in [0.15, 0.2) is 36.7 Å². The second-order valence-corrected chi connectivity index (χ2v) is 6.01. The van der Waals surface area contributed by atoms with Crippen molar-refractivity contribution in [1.29, 1.82) is 0 Å². The van der Waals surface area contributed by atoms with Crippen LogP contribution in [-0.2, 0) is 6.42 Å². The van der Waals surface area contributed by atoms with E-state index < -0.39 is 0 Å². The fraction of sp³-hybridized carbons (Fsp3) is 0.389. The van der Waals surface area contributed by atoms with Gasteiger partial charge in [0.25, 0.3) is 0 Å². The first kappa shape index (κ1) is 16.0. The summed E-state index contributed by atoms with van der Waals surface area (Å²) in [5, 5.41) is 4.38. The van der Waals surface area contributed by atoms with Crippen molar-refractivity contribution in [2.24, 2.45) is 0 Å². The van der Waals surface area contributed by atoms with E-state index in [1.165, 1.54) is 16.7 Å². The van der Waals surface area contributed by atoms with Crippen LogP contribution in [0.5, 0.6) is 0 Å². The van der Waals surface area contributed by atoms with E-state index in [1.807, 2.05) is 6.07 Å². The highest BCUT2D eigenvalue weighted by molar-refractivity contribution is 6.31. The summed E-state index contributed by atoms with van der Waals surface area (Å²) in [7, 11) is 0. The molecule has 0 bridgehead atoms. The zero-order chi connectivity index (χ0) is 15.2. The summed E-state index contributed by atoms with van der Waals surface area (Å²) in [6.45, 7) is 7.48. The zero-order valence-electron chi connectivity index (χ0n) is 13.0. The third kappa shape index (κ3) is 4.55. The molecule has 0 saturated heterocycles. The number of hydrogen-bond acceptors (Lipinski definition) is 2. The monoisotopic (exact) mass is 302 g/mol. The van der Waals surface area contributed by atoms with Crippen LogP contribution in [0.4, 0.5) is 0 Å². The average Bonchev–Trinajstić information content (AvgIpc) is 2.44.